The summed E-state index contributed by atoms with van der Waals surface area (Å²) < 4.78 is 44.8. The first kappa shape index (κ1) is 15.1. The van der Waals surface area contributed by atoms with Crippen LogP contribution in [0.3, 0.4) is 0 Å². The number of alkyl halides is 4. The average Bonchev–Trinajstić information content (AvgIpc) is 2.34. The molecule has 4 nitrogen and oxygen atoms in total. The van der Waals surface area contributed by atoms with E-state index in [0.717, 1.165) is 13.2 Å². The smallest absolute Gasteiger partial charge is 0.465 e. The molecule has 0 spiro atoms. The number of carbonyl (C=O) groups excluding carboxylic acids is 1. The lowest BCUT2D eigenvalue weighted by Gasteiger charge is -2.13. The molecule has 0 fully saturated rings. The number of nitrogens with zero attached hydrogens (tertiary/aromatic N) is 1. The number of ether oxygens (including phenoxy) is 2. The number of methoxy groups -OCH3 is 1. The Balaban J connectivity index is 3.41. The van der Waals surface area contributed by atoms with E-state index in [0.29, 0.717) is 0 Å². The van der Waals surface area contributed by atoms with E-state index in [1.165, 1.54) is 6.07 Å². The Labute approximate surface area is 111 Å². The van der Waals surface area contributed by atoms with E-state index in [1.54, 1.807) is 6.07 Å². The lowest BCUT2D eigenvalue weighted by Crippen LogP contribution is -2.19. The highest BCUT2D eigenvalue weighted by Crippen LogP contribution is 2.30. The molecule has 0 heterocycles. The summed E-state index contributed by atoms with van der Waals surface area (Å²) in [7, 11) is 1.07. The SMILES string of the molecule is COC(=O)c1cc(CCl)c(C#N)c(OC(F)(F)F)c1. The van der Waals surface area contributed by atoms with Crippen LogP contribution in [0.1, 0.15) is 21.5 Å². The Morgan fingerprint density at radius 2 is 2.11 bits per heavy atom. The third kappa shape index (κ3) is 3.76. The Bertz CT molecular complexity index is 537. The van der Waals surface area contributed by atoms with Crippen molar-refractivity contribution in [3.8, 4) is 11.8 Å². The van der Waals surface area contributed by atoms with Crippen LogP contribution in [0.4, 0.5) is 13.2 Å². The minimum Gasteiger partial charge on any atom is -0.465 e. The van der Waals surface area contributed by atoms with Crippen molar-refractivity contribution in [2.45, 2.75) is 12.2 Å². The Morgan fingerprint density at radius 1 is 1.47 bits per heavy atom. The second-order valence-corrected chi connectivity index (χ2v) is 3.56. The van der Waals surface area contributed by atoms with E-state index in [4.69, 9.17) is 16.9 Å². The molecule has 0 aliphatic carbocycles. The fourth-order valence-corrected chi connectivity index (χ4v) is 1.56. The lowest BCUT2D eigenvalue weighted by atomic mass is 10.0. The molecule has 8 heteroatoms. The Morgan fingerprint density at radius 3 is 2.53 bits per heavy atom. The van der Waals surface area contributed by atoms with E-state index in [1.807, 2.05) is 0 Å². The number of hydrogen-bond donors (Lipinski definition) is 0. The highest BCUT2D eigenvalue weighted by molar-refractivity contribution is 6.17. The predicted molar refractivity (Wildman–Crippen MR) is 58.7 cm³/mol. The van der Waals surface area contributed by atoms with Gasteiger partial charge in [0.15, 0.2) is 0 Å². The Hall–Kier alpha value is -1.94. The number of nitriles is 1. The van der Waals surface area contributed by atoms with Crippen LogP contribution >= 0.6 is 11.6 Å². The van der Waals surface area contributed by atoms with Crippen LogP contribution in [0.15, 0.2) is 12.1 Å². The van der Waals surface area contributed by atoms with Gasteiger partial charge in [-0.25, -0.2) is 4.79 Å². The van der Waals surface area contributed by atoms with E-state index in [9.17, 15) is 18.0 Å². The van der Waals surface area contributed by atoms with E-state index < -0.39 is 18.1 Å². The van der Waals surface area contributed by atoms with Gasteiger partial charge in [-0.05, 0) is 17.7 Å². The first-order valence-corrected chi connectivity index (χ1v) is 5.33. The van der Waals surface area contributed by atoms with Gasteiger partial charge < -0.3 is 9.47 Å². The number of halogens is 4. The quantitative estimate of drug-likeness (QED) is 0.635. The topological polar surface area (TPSA) is 59.3 Å². The van der Waals surface area contributed by atoms with E-state index in [2.05, 4.69) is 9.47 Å². The molecule has 0 aliphatic rings. The van der Waals surface area contributed by atoms with Gasteiger partial charge in [-0.3, -0.25) is 0 Å². The molecule has 0 unspecified atom stereocenters. The molecule has 19 heavy (non-hydrogen) atoms. The zero-order chi connectivity index (χ0) is 14.6. The summed E-state index contributed by atoms with van der Waals surface area (Å²) in [6, 6.07) is 3.53. The second-order valence-electron chi connectivity index (χ2n) is 3.29. The van der Waals surface area contributed by atoms with Gasteiger partial charge in [0, 0.05) is 5.88 Å². The van der Waals surface area contributed by atoms with Crippen LogP contribution in [0.25, 0.3) is 0 Å². The minimum absolute atomic E-state index is 0.0475. The molecule has 1 aromatic carbocycles. The van der Waals surface area contributed by atoms with Crippen molar-refractivity contribution < 1.29 is 27.4 Å². The molecular formula is C11H7ClF3NO3. The first-order chi connectivity index (χ1) is 8.82. The normalized spacial score (nSPS) is 10.7. The summed E-state index contributed by atoms with van der Waals surface area (Å²) in [5, 5.41) is 8.84. The van der Waals surface area contributed by atoms with Crippen LogP contribution < -0.4 is 4.74 Å². The molecule has 1 rings (SSSR count). The highest BCUT2D eigenvalue weighted by atomic mass is 35.5. The van der Waals surface area contributed by atoms with Crippen molar-refractivity contribution in [3.05, 3.63) is 28.8 Å². The third-order valence-electron chi connectivity index (χ3n) is 2.09. The standard InChI is InChI=1S/C11H7ClF3NO3/c1-18-10(17)6-2-7(4-12)8(5-16)9(3-6)19-11(13,14)15/h2-3H,4H2,1H3. The minimum atomic E-state index is -4.98. The largest absolute Gasteiger partial charge is 0.573 e. The van der Waals surface area contributed by atoms with Gasteiger partial charge >= 0.3 is 12.3 Å². The van der Waals surface area contributed by atoms with Crippen LogP contribution in [-0.4, -0.2) is 19.4 Å². The van der Waals surface area contributed by atoms with E-state index >= 15 is 0 Å². The van der Waals surface area contributed by atoms with Crippen molar-refractivity contribution in [2.75, 3.05) is 7.11 Å². The number of rotatable bonds is 3. The maximum absolute atomic E-state index is 12.2. The summed E-state index contributed by atoms with van der Waals surface area (Å²) >= 11 is 5.53. The maximum Gasteiger partial charge on any atom is 0.573 e. The van der Waals surface area contributed by atoms with Gasteiger partial charge in [-0.15, -0.1) is 24.8 Å². The van der Waals surface area contributed by atoms with Crippen molar-refractivity contribution in [2.24, 2.45) is 0 Å². The number of carbonyl (C=O) groups is 1. The molecule has 0 N–H and O–H groups in total. The first-order valence-electron chi connectivity index (χ1n) is 4.79. The molecule has 0 aliphatic heterocycles. The van der Waals surface area contributed by atoms with Crippen molar-refractivity contribution in [3.63, 3.8) is 0 Å². The van der Waals surface area contributed by atoms with Gasteiger partial charge in [0.2, 0.25) is 0 Å². The monoisotopic (exact) mass is 293 g/mol. The molecule has 0 atom stereocenters. The number of esters is 1. The predicted octanol–water partition coefficient (Wildman–Crippen LogP) is 2.98. The van der Waals surface area contributed by atoms with Gasteiger partial charge in [-0.1, -0.05) is 0 Å². The third-order valence-corrected chi connectivity index (χ3v) is 2.37. The molecule has 102 valence electrons. The molecule has 0 bridgehead atoms. The number of hydrogen-bond acceptors (Lipinski definition) is 4. The highest BCUT2D eigenvalue weighted by Gasteiger charge is 2.33. The lowest BCUT2D eigenvalue weighted by molar-refractivity contribution is -0.274. The van der Waals surface area contributed by atoms with Crippen molar-refractivity contribution >= 4 is 17.6 Å². The maximum atomic E-state index is 12.2. The molecule has 0 radical (unpaired) electrons. The van der Waals surface area contributed by atoms with Gasteiger partial charge in [0.25, 0.3) is 0 Å². The fourth-order valence-electron chi connectivity index (χ4n) is 1.35. The van der Waals surface area contributed by atoms with Gasteiger partial charge in [0.05, 0.1) is 18.2 Å². The van der Waals surface area contributed by atoms with Crippen LogP contribution in [-0.2, 0) is 10.6 Å². The zero-order valence-corrected chi connectivity index (χ0v) is 10.3. The van der Waals surface area contributed by atoms with Crippen LogP contribution in [0, 0.1) is 11.3 Å². The van der Waals surface area contributed by atoms with Crippen molar-refractivity contribution in [1.82, 2.24) is 0 Å². The number of benzene rings is 1. The van der Waals surface area contributed by atoms with E-state index in [-0.39, 0.29) is 22.6 Å². The molecule has 0 aromatic heterocycles. The zero-order valence-electron chi connectivity index (χ0n) is 9.55. The van der Waals surface area contributed by atoms with Gasteiger partial charge in [0.1, 0.15) is 11.8 Å². The second kappa shape index (κ2) is 5.80. The fraction of sp³-hybridized carbons (Fsp3) is 0.273. The Kier molecular flexibility index (Phi) is 4.62. The summed E-state index contributed by atoms with van der Waals surface area (Å²) in [5.41, 5.74) is -0.511. The molecule has 0 amide bonds. The molecule has 1 aromatic rings. The average molecular weight is 294 g/mol. The van der Waals surface area contributed by atoms with Gasteiger partial charge in [-0.2, -0.15) is 5.26 Å². The molecular weight excluding hydrogens is 287 g/mol. The summed E-state index contributed by atoms with van der Waals surface area (Å²) in [5.74, 6) is -1.89. The van der Waals surface area contributed by atoms with Crippen LogP contribution in [0.5, 0.6) is 5.75 Å². The molecule has 0 saturated carbocycles. The van der Waals surface area contributed by atoms with Crippen LogP contribution in [0.2, 0.25) is 0 Å². The summed E-state index contributed by atoms with van der Waals surface area (Å²) in [4.78, 5) is 11.3. The molecule has 0 saturated heterocycles. The summed E-state index contributed by atoms with van der Waals surface area (Å²) in [6.07, 6.45) is -4.98. The van der Waals surface area contributed by atoms with Crippen molar-refractivity contribution in [1.29, 1.82) is 5.26 Å². The summed E-state index contributed by atoms with van der Waals surface area (Å²) in [6.45, 7) is 0.